The molecule has 0 heterocycles. The molecule has 1 atom stereocenters. The number of esters is 1. The summed E-state index contributed by atoms with van der Waals surface area (Å²) in [7, 11) is 0. The molecule has 0 bridgehead atoms. The van der Waals surface area contributed by atoms with Crippen molar-refractivity contribution in [1.82, 2.24) is 5.32 Å². The monoisotopic (exact) mass is 386 g/mol. The third kappa shape index (κ3) is 9.15. The molecule has 0 radical (unpaired) electrons. The van der Waals surface area contributed by atoms with Gasteiger partial charge in [0.1, 0.15) is 6.10 Å². The van der Waals surface area contributed by atoms with Crippen LogP contribution in [0.3, 0.4) is 0 Å². The summed E-state index contributed by atoms with van der Waals surface area (Å²) in [6, 6.07) is 5.85. The molecule has 0 aliphatic carbocycles. The Balaban J connectivity index is 0.00000625. The molecule has 6 nitrogen and oxygen atoms in total. The minimum Gasteiger partial charge on any atom is -0.458 e. The van der Waals surface area contributed by atoms with Crippen LogP contribution in [-0.2, 0) is 4.74 Å². The highest BCUT2D eigenvalue weighted by atomic mass is 35.5. The molecular formula is C19H31ClN2O4. The first-order valence-electron chi connectivity index (χ1n) is 8.87. The number of nitro benzene ring substituents is 1. The topological polar surface area (TPSA) is 81.5 Å². The lowest BCUT2D eigenvalue weighted by Gasteiger charge is -2.24. The van der Waals surface area contributed by atoms with Crippen molar-refractivity contribution in [3.8, 4) is 0 Å². The first-order valence-corrected chi connectivity index (χ1v) is 8.87. The second-order valence-corrected chi connectivity index (χ2v) is 7.38. The number of nitrogens with one attached hydrogen (secondary N) is 1. The summed E-state index contributed by atoms with van der Waals surface area (Å²) in [6.07, 6.45) is 1.90. The molecule has 7 heteroatoms. The van der Waals surface area contributed by atoms with Gasteiger partial charge in [-0.05, 0) is 43.7 Å². The van der Waals surface area contributed by atoms with Crippen LogP contribution >= 0.6 is 12.4 Å². The molecule has 0 spiro atoms. The fourth-order valence-corrected chi connectivity index (χ4v) is 2.75. The van der Waals surface area contributed by atoms with E-state index in [0.717, 1.165) is 12.8 Å². The molecule has 1 N–H and O–H groups in total. The van der Waals surface area contributed by atoms with Crippen molar-refractivity contribution in [2.45, 2.75) is 59.6 Å². The largest absolute Gasteiger partial charge is 0.458 e. The molecule has 148 valence electrons. The maximum absolute atomic E-state index is 12.1. The summed E-state index contributed by atoms with van der Waals surface area (Å²) in [5.41, 5.74) is 0.273. The van der Waals surface area contributed by atoms with Gasteiger partial charge in [0.05, 0.1) is 10.5 Å². The number of non-ortho nitro benzene ring substituents is 1. The molecule has 0 amide bonds. The van der Waals surface area contributed by atoms with Crippen LogP contribution in [0.25, 0.3) is 0 Å². The van der Waals surface area contributed by atoms with Crippen molar-refractivity contribution < 1.29 is 14.5 Å². The minimum absolute atomic E-state index is 0. The van der Waals surface area contributed by atoms with Crippen LogP contribution in [0.2, 0.25) is 0 Å². The molecular weight excluding hydrogens is 356 g/mol. The standard InChI is InChI=1S/C19H30N2O4.ClH/c1-13(2)10-17(11-14(3)4)20-12-15(5)25-19(22)16-6-8-18(9-7-16)21(23)24;/h6-9,13-15,17,20H,10-12H2,1-5H3;1H. The number of nitrogens with zero attached hydrogens (tertiary/aromatic N) is 1. The van der Waals surface area contributed by atoms with Crippen LogP contribution in [0.15, 0.2) is 24.3 Å². The maximum Gasteiger partial charge on any atom is 0.338 e. The Morgan fingerprint density at radius 2 is 1.58 bits per heavy atom. The van der Waals surface area contributed by atoms with Gasteiger partial charge in [-0.25, -0.2) is 4.79 Å². The number of ether oxygens (including phenoxy) is 1. The Kier molecular flexibility index (Phi) is 11.1. The third-order valence-corrected chi connectivity index (χ3v) is 3.83. The van der Waals surface area contributed by atoms with Gasteiger partial charge in [0, 0.05) is 24.7 Å². The number of nitro groups is 1. The Labute approximate surface area is 162 Å². The Bertz CT molecular complexity index is 551. The molecule has 0 fully saturated rings. The summed E-state index contributed by atoms with van der Waals surface area (Å²) < 4.78 is 5.43. The second kappa shape index (κ2) is 11.9. The maximum atomic E-state index is 12.1. The number of carbonyl (C=O) groups excluding carboxylic acids is 1. The van der Waals surface area contributed by atoms with E-state index in [0.29, 0.717) is 30.0 Å². The van der Waals surface area contributed by atoms with Gasteiger partial charge in [-0.2, -0.15) is 0 Å². The lowest BCUT2D eigenvalue weighted by molar-refractivity contribution is -0.384. The van der Waals surface area contributed by atoms with Crippen molar-refractivity contribution in [3.05, 3.63) is 39.9 Å². The van der Waals surface area contributed by atoms with Crippen LogP contribution in [0.4, 0.5) is 5.69 Å². The summed E-state index contributed by atoms with van der Waals surface area (Å²) in [6.45, 7) is 11.2. The van der Waals surface area contributed by atoms with Gasteiger partial charge in [0.15, 0.2) is 0 Å². The SMILES string of the molecule is CC(C)CC(CC(C)C)NCC(C)OC(=O)c1ccc([N+](=O)[O-])cc1.Cl. The van der Waals surface area contributed by atoms with E-state index in [1.54, 1.807) is 0 Å². The molecule has 1 aromatic carbocycles. The highest BCUT2D eigenvalue weighted by Gasteiger charge is 2.17. The van der Waals surface area contributed by atoms with Crippen molar-refractivity contribution in [2.75, 3.05) is 6.54 Å². The van der Waals surface area contributed by atoms with Gasteiger partial charge in [0.25, 0.3) is 5.69 Å². The van der Waals surface area contributed by atoms with Crippen LogP contribution in [0, 0.1) is 22.0 Å². The van der Waals surface area contributed by atoms with E-state index in [4.69, 9.17) is 4.74 Å². The van der Waals surface area contributed by atoms with E-state index in [1.807, 2.05) is 6.92 Å². The van der Waals surface area contributed by atoms with E-state index in [1.165, 1.54) is 24.3 Å². The summed E-state index contributed by atoms with van der Waals surface area (Å²) in [5.74, 6) is 0.747. The van der Waals surface area contributed by atoms with Gasteiger partial charge in [-0.3, -0.25) is 10.1 Å². The van der Waals surface area contributed by atoms with E-state index in [2.05, 4.69) is 33.0 Å². The van der Waals surface area contributed by atoms with Crippen LogP contribution in [0.1, 0.15) is 57.8 Å². The predicted molar refractivity (Wildman–Crippen MR) is 106 cm³/mol. The van der Waals surface area contributed by atoms with Crippen molar-refractivity contribution in [2.24, 2.45) is 11.8 Å². The average molecular weight is 387 g/mol. The van der Waals surface area contributed by atoms with Gasteiger partial charge in [0.2, 0.25) is 0 Å². The molecule has 0 saturated heterocycles. The predicted octanol–water partition coefficient (Wildman–Crippen LogP) is 4.61. The minimum atomic E-state index is -0.495. The Hall–Kier alpha value is -1.66. The molecule has 0 aromatic heterocycles. The zero-order valence-electron chi connectivity index (χ0n) is 16.2. The third-order valence-electron chi connectivity index (χ3n) is 3.83. The molecule has 1 rings (SSSR count). The number of benzene rings is 1. The quantitative estimate of drug-likeness (QED) is 0.360. The van der Waals surface area contributed by atoms with E-state index in [9.17, 15) is 14.9 Å². The van der Waals surface area contributed by atoms with E-state index < -0.39 is 10.9 Å². The Morgan fingerprint density at radius 1 is 1.08 bits per heavy atom. The smallest absolute Gasteiger partial charge is 0.338 e. The van der Waals surface area contributed by atoms with Gasteiger partial charge in [-0.15, -0.1) is 12.4 Å². The number of hydrogen-bond acceptors (Lipinski definition) is 5. The molecule has 0 saturated carbocycles. The summed E-state index contributed by atoms with van der Waals surface area (Å²) >= 11 is 0. The van der Waals surface area contributed by atoms with E-state index >= 15 is 0 Å². The fraction of sp³-hybridized carbons (Fsp3) is 0.632. The number of rotatable bonds is 10. The lowest BCUT2D eigenvalue weighted by Crippen LogP contribution is -2.38. The van der Waals surface area contributed by atoms with Gasteiger partial charge in [-0.1, -0.05) is 27.7 Å². The first-order chi connectivity index (χ1) is 11.7. The number of hydrogen-bond donors (Lipinski definition) is 1. The number of carbonyl (C=O) groups is 1. The van der Waals surface area contributed by atoms with Gasteiger partial charge >= 0.3 is 5.97 Å². The zero-order chi connectivity index (χ0) is 19.0. The van der Waals surface area contributed by atoms with E-state index in [-0.39, 0.29) is 24.2 Å². The summed E-state index contributed by atoms with van der Waals surface area (Å²) in [4.78, 5) is 22.3. The normalized spacial score (nSPS) is 12.2. The molecule has 0 aliphatic rings. The molecule has 1 unspecified atom stereocenters. The lowest BCUT2D eigenvalue weighted by atomic mass is 9.95. The molecule has 0 aliphatic heterocycles. The first kappa shape index (κ1) is 24.3. The zero-order valence-corrected chi connectivity index (χ0v) is 17.0. The molecule has 1 aromatic rings. The highest BCUT2D eigenvalue weighted by molar-refractivity contribution is 5.89. The van der Waals surface area contributed by atoms with Crippen molar-refractivity contribution in [3.63, 3.8) is 0 Å². The van der Waals surface area contributed by atoms with Crippen molar-refractivity contribution >= 4 is 24.1 Å². The second-order valence-electron chi connectivity index (χ2n) is 7.38. The van der Waals surface area contributed by atoms with Crippen molar-refractivity contribution in [1.29, 1.82) is 0 Å². The van der Waals surface area contributed by atoms with Crippen LogP contribution < -0.4 is 5.32 Å². The van der Waals surface area contributed by atoms with Crippen LogP contribution in [0.5, 0.6) is 0 Å². The highest BCUT2D eigenvalue weighted by Crippen LogP contribution is 2.15. The fourth-order valence-electron chi connectivity index (χ4n) is 2.75. The number of halogens is 1. The molecule has 26 heavy (non-hydrogen) atoms. The average Bonchev–Trinajstić information content (AvgIpc) is 2.51. The summed E-state index contributed by atoms with van der Waals surface area (Å²) in [5, 5.41) is 14.1. The van der Waals surface area contributed by atoms with Crippen LogP contribution in [-0.4, -0.2) is 29.6 Å². The van der Waals surface area contributed by atoms with Gasteiger partial charge < -0.3 is 10.1 Å². The Morgan fingerprint density at radius 3 is 2.00 bits per heavy atom.